The topological polar surface area (TPSA) is 119 Å². The van der Waals surface area contributed by atoms with Crippen LogP contribution in [0.15, 0.2) is 31.0 Å². The van der Waals surface area contributed by atoms with Crippen molar-refractivity contribution in [3.63, 3.8) is 0 Å². The molecule has 3 aromatic heterocycles. The molecule has 3 aromatic rings. The molecule has 32 heavy (non-hydrogen) atoms. The van der Waals surface area contributed by atoms with Crippen LogP contribution in [0.1, 0.15) is 25.7 Å². The fraction of sp³-hybridized carbons (Fsp3) is 0.500. The Hall–Kier alpha value is -3.45. The summed E-state index contributed by atoms with van der Waals surface area (Å²) < 4.78 is 1.93. The maximum atomic E-state index is 12.3. The van der Waals surface area contributed by atoms with E-state index in [-0.39, 0.29) is 12.1 Å². The third kappa shape index (κ3) is 4.43. The highest BCUT2D eigenvalue weighted by Crippen LogP contribution is 2.24. The molecule has 4 heterocycles. The maximum absolute atomic E-state index is 12.3. The Balaban J connectivity index is 1.25. The molecule has 2 fully saturated rings. The van der Waals surface area contributed by atoms with E-state index in [0.29, 0.717) is 32.1 Å². The zero-order chi connectivity index (χ0) is 21.9. The van der Waals surface area contributed by atoms with Gasteiger partial charge in [0.1, 0.15) is 12.0 Å². The standard InChI is InChI=1S/C22H27N9O/c23-6-1-2-18(29-8-10-30(11-9-29)22(32)28-17-3-4-17)14-31-13-16(12-27-31)20-19-5-7-24-21(19)26-15-25-20/h5,7,12-13,15,17-18H,1-4,8-11,14H2,(H,28,32)(H,24,25,26)/t18-/m1/s1. The van der Waals surface area contributed by atoms with E-state index in [9.17, 15) is 4.79 Å². The molecule has 0 aromatic carbocycles. The number of hydrogen-bond donors (Lipinski definition) is 2. The van der Waals surface area contributed by atoms with Crippen LogP contribution in [0, 0.1) is 11.3 Å². The van der Waals surface area contributed by atoms with Crippen LogP contribution in [-0.2, 0) is 6.54 Å². The normalized spacial score (nSPS) is 17.9. The Morgan fingerprint density at radius 3 is 2.91 bits per heavy atom. The molecule has 10 heteroatoms. The van der Waals surface area contributed by atoms with Crippen molar-refractivity contribution in [2.24, 2.45) is 0 Å². The van der Waals surface area contributed by atoms with Gasteiger partial charge in [-0.3, -0.25) is 9.58 Å². The highest BCUT2D eigenvalue weighted by molar-refractivity contribution is 5.89. The third-order valence-corrected chi connectivity index (χ3v) is 6.27. The lowest BCUT2D eigenvalue weighted by Gasteiger charge is -2.39. The van der Waals surface area contributed by atoms with Crippen molar-refractivity contribution < 1.29 is 4.79 Å². The number of aromatic nitrogens is 5. The number of urea groups is 1. The van der Waals surface area contributed by atoms with Gasteiger partial charge in [-0.15, -0.1) is 0 Å². The lowest BCUT2D eigenvalue weighted by atomic mass is 10.1. The van der Waals surface area contributed by atoms with Crippen LogP contribution in [0.5, 0.6) is 0 Å². The van der Waals surface area contributed by atoms with Gasteiger partial charge in [0.25, 0.3) is 0 Å². The Bertz CT molecular complexity index is 1120. The van der Waals surface area contributed by atoms with Gasteiger partial charge >= 0.3 is 6.03 Å². The Kier molecular flexibility index (Phi) is 5.73. The summed E-state index contributed by atoms with van der Waals surface area (Å²) in [5.74, 6) is 0. The smallest absolute Gasteiger partial charge is 0.317 e. The molecule has 1 atom stereocenters. The number of H-pyrrole nitrogens is 1. The molecular weight excluding hydrogens is 406 g/mol. The van der Waals surface area contributed by atoms with Crippen molar-refractivity contribution in [3.8, 4) is 17.3 Å². The van der Waals surface area contributed by atoms with Crippen LogP contribution in [-0.4, -0.2) is 78.8 Å². The number of hydrogen-bond acceptors (Lipinski definition) is 6. The van der Waals surface area contributed by atoms with Crippen LogP contribution in [0.3, 0.4) is 0 Å². The molecule has 2 aliphatic rings. The summed E-state index contributed by atoms with van der Waals surface area (Å²) in [5.41, 5.74) is 2.60. The van der Waals surface area contributed by atoms with Crippen LogP contribution in [0.25, 0.3) is 22.3 Å². The second kappa shape index (κ2) is 8.96. The van der Waals surface area contributed by atoms with Gasteiger partial charge in [-0.25, -0.2) is 14.8 Å². The summed E-state index contributed by atoms with van der Waals surface area (Å²) in [6, 6.07) is 4.86. The molecule has 1 aliphatic heterocycles. The average molecular weight is 434 g/mol. The lowest BCUT2D eigenvalue weighted by molar-refractivity contribution is 0.0948. The van der Waals surface area contributed by atoms with Crippen LogP contribution >= 0.6 is 0 Å². The molecule has 1 aliphatic carbocycles. The van der Waals surface area contributed by atoms with Crippen molar-refractivity contribution in [3.05, 3.63) is 31.0 Å². The minimum absolute atomic E-state index is 0.0540. The fourth-order valence-electron chi connectivity index (χ4n) is 4.31. The number of nitriles is 1. The van der Waals surface area contributed by atoms with Crippen molar-refractivity contribution >= 4 is 17.1 Å². The zero-order valence-electron chi connectivity index (χ0n) is 17.9. The lowest BCUT2D eigenvalue weighted by Crippen LogP contribution is -2.55. The molecule has 0 spiro atoms. The van der Waals surface area contributed by atoms with E-state index in [4.69, 9.17) is 5.26 Å². The fourth-order valence-corrected chi connectivity index (χ4v) is 4.31. The van der Waals surface area contributed by atoms with Gasteiger partial charge in [-0.2, -0.15) is 10.4 Å². The second-order valence-electron chi connectivity index (χ2n) is 8.51. The van der Waals surface area contributed by atoms with Gasteiger partial charge in [0.05, 0.1) is 24.5 Å². The number of aromatic amines is 1. The molecule has 2 N–H and O–H groups in total. The number of carbonyl (C=O) groups excluding carboxylic acids is 1. The summed E-state index contributed by atoms with van der Waals surface area (Å²) in [6.07, 6.45) is 10.7. The number of carbonyl (C=O) groups is 1. The van der Waals surface area contributed by atoms with Gasteiger partial charge in [0.15, 0.2) is 0 Å². The second-order valence-corrected chi connectivity index (χ2v) is 8.51. The molecule has 0 radical (unpaired) electrons. The quantitative estimate of drug-likeness (QED) is 0.588. The maximum Gasteiger partial charge on any atom is 0.317 e. The van der Waals surface area contributed by atoms with Crippen molar-refractivity contribution in [1.29, 1.82) is 5.26 Å². The van der Waals surface area contributed by atoms with E-state index < -0.39 is 0 Å². The Morgan fingerprint density at radius 1 is 1.28 bits per heavy atom. The number of amides is 2. The largest absolute Gasteiger partial charge is 0.346 e. The highest BCUT2D eigenvalue weighted by Gasteiger charge is 2.30. The van der Waals surface area contributed by atoms with E-state index in [1.807, 2.05) is 34.2 Å². The molecule has 0 bridgehead atoms. The first kappa shape index (κ1) is 20.5. The molecular formula is C22H27N9O. The van der Waals surface area contributed by atoms with Gasteiger partial charge in [0.2, 0.25) is 0 Å². The van der Waals surface area contributed by atoms with Crippen LogP contribution < -0.4 is 5.32 Å². The van der Waals surface area contributed by atoms with Gasteiger partial charge in [0, 0.05) is 68.0 Å². The molecule has 1 saturated carbocycles. The molecule has 166 valence electrons. The first-order chi connectivity index (χ1) is 15.7. The molecule has 10 nitrogen and oxygen atoms in total. The number of nitrogens with one attached hydrogen (secondary N) is 2. The zero-order valence-corrected chi connectivity index (χ0v) is 17.9. The number of fused-ring (bicyclic) bond motifs is 1. The highest BCUT2D eigenvalue weighted by atomic mass is 16.2. The van der Waals surface area contributed by atoms with E-state index >= 15 is 0 Å². The summed E-state index contributed by atoms with van der Waals surface area (Å²) in [7, 11) is 0. The van der Waals surface area contributed by atoms with Crippen LogP contribution in [0.4, 0.5) is 4.79 Å². The monoisotopic (exact) mass is 433 g/mol. The van der Waals surface area contributed by atoms with Crippen molar-refractivity contribution in [1.82, 2.24) is 39.8 Å². The summed E-state index contributed by atoms with van der Waals surface area (Å²) in [4.78, 5) is 28.4. The number of piperazine rings is 1. The summed E-state index contributed by atoms with van der Waals surface area (Å²) in [5, 5.41) is 17.8. The number of rotatable bonds is 7. The first-order valence-corrected chi connectivity index (χ1v) is 11.2. The van der Waals surface area contributed by atoms with Gasteiger partial charge < -0.3 is 15.2 Å². The van der Waals surface area contributed by atoms with E-state index in [0.717, 1.165) is 54.6 Å². The number of nitrogens with zero attached hydrogens (tertiary/aromatic N) is 7. The minimum atomic E-state index is 0.0540. The minimum Gasteiger partial charge on any atom is -0.346 e. The summed E-state index contributed by atoms with van der Waals surface area (Å²) >= 11 is 0. The molecule has 0 unspecified atom stereocenters. The van der Waals surface area contributed by atoms with Crippen molar-refractivity contribution in [2.45, 2.75) is 44.3 Å². The molecule has 1 saturated heterocycles. The van der Waals surface area contributed by atoms with E-state index in [1.54, 1.807) is 6.33 Å². The van der Waals surface area contributed by atoms with Gasteiger partial charge in [-0.1, -0.05) is 0 Å². The predicted octanol–water partition coefficient (Wildman–Crippen LogP) is 1.98. The van der Waals surface area contributed by atoms with E-state index in [2.05, 4.69) is 36.3 Å². The van der Waals surface area contributed by atoms with Gasteiger partial charge in [-0.05, 0) is 25.3 Å². The molecule has 5 rings (SSSR count). The van der Waals surface area contributed by atoms with Crippen molar-refractivity contribution in [2.75, 3.05) is 26.2 Å². The first-order valence-electron chi connectivity index (χ1n) is 11.2. The molecule has 2 amide bonds. The predicted molar refractivity (Wildman–Crippen MR) is 118 cm³/mol. The average Bonchev–Trinajstić information content (AvgIpc) is 3.30. The SMILES string of the molecule is N#CCC[C@H](Cn1cc(-c2ncnc3[nH]ccc23)cn1)N1CCN(C(=O)NC2CC2)CC1. The summed E-state index contributed by atoms with van der Waals surface area (Å²) in [6.45, 7) is 3.71. The third-order valence-electron chi connectivity index (χ3n) is 6.27. The van der Waals surface area contributed by atoms with Crippen LogP contribution in [0.2, 0.25) is 0 Å². The Morgan fingerprint density at radius 2 is 2.12 bits per heavy atom. The van der Waals surface area contributed by atoms with E-state index in [1.165, 1.54) is 0 Å². The Labute approximate surface area is 186 Å².